The Labute approximate surface area is 169 Å². The van der Waals surface area contributed by atoms with Crippen LogP contribution in [0.15, 0.2) is 36.4 Å². The molecule has 1 aliphatic rings. The summed E-state index contributed by atoms with van der Waals surface area (Å²) in [5.41, 5.74) is 3.22. The zero-order valence-corrected chi connectivity index (χ0v) is 16.6. The van der Waals surface area contributed by atoms with Gasteiger partial charge in [0.15, 0.2) is 6.54 Å². The fourth-order valence-corrected chi connectivity index (χ4v) is 3.64. The molecule has 7 heteroatoms. The molecular weight excluding hydrogens is 383 g/mol. The first-order valence-corrected chi connectivity index (χ1v) is 9.56. The van der Waals surface area contributed by atoms with E-state index < -0.39 is 0 Å². The molecule has 27 heavy (non-hydrogen) atoms. The molecule has 1 amide bonds. The van der Waals surface area contributed by atoms with Crippen LogP contribution in [0, 0.1) is 18.3 Å². The summed E-state index contributed by atoms with van der Waals surface area (Å²) >= 11 is 12.1. The summed E-state index contributed by atoms with van der Waals surface area (Å²) in [7, 11) is 0. The van der Waals surface area contributed by atoms with Crippen LogP contribution in [0.5, 0.6) is 0 Å². The summed E-state index contributed by atoms with van der Waals surface area (Å²) in [6, 6.07) is 12.8. The summed E-state index contributed by atoms with van der Waals surface area (Å²) < 4.78 is 0. The third-order valence-corrected chi connectivity index (χ3v) is 5.24. The Balaban J connectivity index is 1.56. The molecule has 3 rings (SSSR count). The Kier molecular flexibility index (Phi) is 6.22. The van der Waals surface area contributed by atoms with Crippen molar-refractivity contribution < 1.29 is 9.69 Å². The Hall–Kier alpha value is -2.26. The molecule has 0 aromatic heterocycles. The minimum atomic E-state index is -0.115. The van der Waals surface area contributed by atoms with Crippen LogP contribution in [0.3, 0.4) is 0 Å². The molecule has 0 spiro atoms. The van der Waals surface area contributed by atoms with Crippen LogP contribution in [0.2, 0.25) is 10.0 Å². The van der Waals surface area contributed by atoms with Crippen molar-refractivity contribution in [2.45, 2.75) is 6.92 Å². The van der Waals surface area contributed by atoms with Gasteiger partial charge in [-0.05, 0) is 42.8 Å². The van der Waals surface area contributed by atoms with Crippen molar-refractivity contribution in [1.29, 1.82) is 5.26 Å². The maximum absolute atomic E-state index is 12.4. The lowest BCUT2D eigenvalue weighted by molar-refractivity contribution is -0.892. The van der Waals surface area contributed by atoms with E-state index in [1.165, 1.54) is 10.5 Å². The zero-order valence-electron chi connectivity index (χ0n) is 15.1. The molecule has 0 radical (unpaired) electrons. The number of halogens is 2. The first-order valence-electron chi connectivity index (χ1n) is 8.80. The molecule has 0 bridgehead atoms. The lowest BCUT2D eigenvalue weighted by Crippen LogP contribution is -3.15. The smallest absolute Gasteiger partial charge is 0.279 e. The van der Waals surface area contributed by atoms with Gasteiger partial charge in [-0.2, -0.15) is 5.26 Å². The molecule has 1 fully saturated rings. The van der Waals surface area contributed by atoms with Gasteiger partial charge in [0.2, 0.25) is 0 Å². The number of nitriles is 1. The van der Waals surface area contributed by atoms with Crippen LogP contribution in [-0.4, -0.2) is 38.6 Å². The number of rotatable bonds is 4. The van der Waals surface area contributed by atoms with E-state index in [1.54, 1.807) is 18.2 Å². The molecule has 0 unspecified atom stereocenters. The van der Waals surface area contributed by atoms with Crippen LogP contribution in [0.25, 0.3) is 0 Å². The van der Waals surface area contributed by atoms with Gasteiger partial charge in [0.1, 0.15) is 6.07 Å². The van der Waals surface area contributed by atoms with Crippen molar-refractivity contribution >= 4 is 40.5 Å². The predicted molar refractivity (Wildman–Crippen MR) is 109 cm³/mol. The van der Waals surface area contributed by atoms with Gasteiger partial charge >= 0.3 is 0 Å². The number of hydrogen-bond donors (Lipinski definition) is 2. The molecule has 0 atom stereocenters. The fourth-order valence-electron chi connectivity index (χ4n) is 3.30. The van der Waals surface area contributed by atoms with Gasteiger partial charge in [0.05, 0.1) is 37.4 Å². The first kappa shape index (κ1) is 19.5. The molecule has 2 N–H and O–H groups in total. The second-order valence-electron chi connectivity index (χ2n) is 6.69. The van der Waals surface area contributed by atoms with Crippen molar-refractivity contribution in [2.75, 3.05) is 42.9 Å². The van der Waals surface area contributed by atoms with Crippen molar-refractivity contribution in [2.24, 2.45) is 0 Å². The monoisotopic (exact) mass is 403 g/mol. The first-order chi connectivity index (χ1) is 13.0. The number of hydrogen-bond acceptors (Lipinski definition) is 3. The third-order valence-electron chi connectivity index (χ3n) is 4.77. The molecule has 5 nitrogen and oxygen atoms in total. The number of anilines is 2. The summed E-state index contributed by atoms with van der Waals surface area (Å²) in [6.45, 7) is 5.89. The minimum Gasteiger partial charge on any atom is -0.360 e. The highest BCUT2D eigenvalue weighted by molar-refractivity contribution is 6.31. The van der Waals surface area contributed by atoms with Gasteiger partial charge in [-0.25, -0.2) is 0 Å². The van der Waals surface area contributed by atoms with E-state index in [-0.39, 0.29) is 5.91 Å². The summed E-state index contributed by atoms with van der Waals surface area (Å²) in [5.74, 6) is -0.115. The SMILES string of the molecule is Cc1ccc(Cl)cc1N1CC[NH+](CC(=O)Nc2cc(Cl)ccc2C#N)CC1. The molecule has 0 saturated carbocycles. The molecule has 1 saturated heterocycles. The molecule has 2 aromatic carbocycles. The second kappa shape index (κ2) is 8.62. The van der Waals surface area contributed by atoms with Crippen LogP contribution in [0.4, 0.5) is 11.4 Å². The zero-order chi connectivity index (χ0) is 19.4. The maximum atomic E-state index is 12.4. The number of benzene rings is 2. The summed E-state index contributed by atoms with van der Waals surface area (Å²) in [4.78, 5) is 15.9. The van der Waals surface area contributed by atoms with Crippen molar-refractivity contribution in [3.8, 4) is 6.07 Å². The molecule has 2 aromatic rings. The molecular formula is C20H21Cl2N4O+. The highest BCUT2D eigenvalue weighted by atomic mass is 35.5. The Morgan fingerprint density at radius 2 is 1.85 bits per heavy atom. The molecule has 1 heterocycles. The van der Waals surface area contributed by atoms with Crippen molar-refractivity contribution in [3.05, 3.63) is 57.6 Å². The van der Waals surface area contributed by atoms with Gasteiger partial charge in [-0.3, -0.25) is 4.79 Å². The van der Waals surface area contributed by atoms with E-state index in [1.807, 2.05) is 18.2 Å². The quantitative estimate of drug-likeness (QED) is 0.824. The standard InChI is InChI=1S/C20H20Cl2N4O/c1-14-2-4-17(22)11-19(14)26-8-6-25(7-9-26)13-20(27)24-18-10-16(21)5-3-15(18)12-23/h2-5,10-11H,6-9,13H2,1H3,(H,24,27)/p+1. The fraction of sp³-hybridized carbons (Fsp3) is 0.300. The van der Waals surface area contributed by atoms with Gasteiger partial charge in [-0.15, -0.1) is 0 Å². The van der Waals surface area contributed by atoms with Gasteiger partial charge in [0, 0.05) is 15.7 Å². The highest BCUT2D eigenvalue weighted by Gasteiger charge is 2.23. The van der Waals surface area contributed by atoms with E-state index in [4.69, 9.17) is 28.5 Å². The number of carbonyl (C=O) groups is 1. The van der Waals surface area contributed by atoms with E-state index in [2.05, 4.69) is 23.2 Å². The van der Waals surface area contributed by atoms with Crippen LogP contribution in [-0.2, 0) is 4.79 Å². The number of nitrogens with one attached hydrogen (secondary N) is 2. The number of aryl methyl sites for hydroxylation is 1. The molecule has 140 valence electrons. The minimum absolute atomic E-state index is 0.115. The van der Waals surface area contributed by atoms with Crippen LogP contribution < -0.4 is 15.1 Å². The van der Waals surface area contributed by atoms with Gasteiger partial charge in [0.25, 0.3) is 5.91 Å². The van der Waals surface area contributed by atoms with E-state index in [0.717, 1.165) is 36.9 Å². The lowest BCUT2D eigenvalue weighted by Gasteiger charge is -2.34. The van der Waals surface area contributed by atoms with Crippen molar-refractivity contribution in [3.63, 3.8) is 0 Å². The Morgan fingerprint density at radius 1 is 1.19 bits per heavy atom. The second-order valence-corrected chi connectivity index (χ2v) is 7.57. The predicted octanol–water partition coefficient (Wildman–Crippen LogP) is 2.52. The van der Waals surface area contributed by atoms with Crippen LogP contribution in [0.1, 0.15) is 11.1 Å². The number of nitrogens with zero attached hydrogens (tertiary/aromatic N) is 2. The molecule has 1 aliphatic heterocycles. The van der Waals surface area contributed by atoms with Crippen LogP contribution >= 0.6 is 23.2 Å². The highest BCUT2D eigenvalue weighted by Crippen LogP contribution is 2.24. The normalized spacial score (nSPS) is 14.7. The third kappa shape index (κ3) is 4.92. The largest absolute Gasteiger partial charge is 0.360 e. The average molecular weight is 404 g/mol. The Morgan fingerprint density at radius 3 is 2.56 bits per heavy atom. The number of amides is 1. The summed E-state index contributed by atoms with van der Waals surface area (Å²) in [6.07, 6.45) is 0. The van der Waals surface area contributed by atoms with E-state index in [9.17, 15) is 4.79 Å². The molecule has 0 aliphatic carbocycles. The average Bonchev–Trinajstić information content (AvgIpc) is 2.64. The van der Waals surface area contributed by atoms with Crippen molar-refractivity contribution in [1.82, 2.24) is 0 Å². The van der Waals surface area contributed by atoms with E-state index >= 15 is 0 Å². The summed E-state index contributed by atoms with van der Waals surface area (Å²) in [5, 5.41) is 13.2. The number of piperazine rings is 1. The van der Waals surface area contributed by atoms with Gasteiger partial charge in [-0.1, -0.05) is 29.3 Å². The lowest BCUT2D eigenvalue weighted by atomic mass is 10.1. The maximum Gasteiger partial charge on any atom is 0.279 e. The van der Waals surface area contributed by atoms with Gasteiger partial charge < -0.3 is 15.1 Å². The number of quaternary nitrogens is 1. The Bertz CT molecular complexity index is 886. The van der Waals surface area contributed by atoms with E-state index in [0.29, 0.717) is 22.8 Å². The number of carbonyl (C=O) groups excluding carboxylic acids is 1. The topological polar surface area (TPSA) is 60.6 Å².